The lowest BCUT2D eigenvalue weighted by Gasteiger charge is -2.35. The van der Waals surface area contributed by atoms with E-state index in [0.717, 1.165) is 18.1 Å². The summed E-state index contributed by atoms with van der Waals surface area (Å²) in [5.74, 6) is 0.0936. The predicted molar refractivity (Wildman–Crippen MR) is 163 cm³/mol. The number of carbonyl (C=O) groups is 4. The van der Waals surface area contributed by atoms with Crippen LogP contribution in [-0.2, 0) is 30.3 Å². The van der Waals surface area contributed by atoms with Crippen LogP contribution in [0.5, 0.6) is 5.75 Å². The number of amides is 3. The van der Waals surface area contributed by atoms with E-state index in [-0.39, 0.29) is 24.0 Å². The summed E-state index contributed by atoms with van der Waals surface area (Å²) in [6.45, 7) is 5.02. The molecule has 3 amide bonds. The van der Waals surface area contributed by atoms with Crippen LogP contribution in [-0.4, -0.2) is 103 Å². The zero-order valence-electron chi connectivity index (χ0n) is 24.7. The molecule has 1 aliphatic rings. The van der Waals surface area contributed by atoms with Gasteiger partial charge in [-0.1, -0.05) is 47.6 Å². The second-order valence-corrected chi connectivity index (χ2v) is 13.3. The van der Waals surface area contributed by atoms with Gasteiger partial charge in [0.1, 0.15) is 23.9 Å². The molecule has 2 rings (SSSR count). The van der Waals surface area contributed by atoms with Crippen LogP contribution in [0.1, 0.15) is 45.1 Å². The molecule has 3 atom stereocenters. The smallest absolute Gasteiger partial charge is 0.324 e. The number of benzene rings is 1. The third-order valence-electron chi connectivity index (χ3n) is 6.51. The van der Waals surface area contributed by atoms with Crippen LogP contribution in [0.2, 0.25) is 0 Å². The van der Waals surface area contributed by atoms with Gasteiger partial charge in [-0.2, -0.15) is 0 Å². The number of rotatable bonds is 16. The number of phenols is 1. The highest BCUT2D eigenvalue weighted by molar-refractivity contribution is 8.76. The van der Waals surface area contributed by atoms with Crippen LogP contribution in [0.25, 0.3) is 0 Å². The maximum atomic E-state index is 13.6. The Labute approximate surface area is 251 Å². The van der Waals surface area contributed by atoms with Crippen LogP contribution >= 0.6 is 21.6 Å². The number of nitrogens with one attached hydrogen (secondary N) is 3. The Morgan fingerprint density at radius 3 is 2.56 bits per heavy atom. The van der Waals surface area contributed by atoms with E-state index in [1.807, 2.05) is 27.9 Å². The topological polar surface area (TPSA) is 140 Å². The van der Waals surface area contributed by atoms with Gasteiger partial charge in [0.15, 0.2) is 0 Å². The fourth-order valence-electron chi connectivity index (χ4n) is 4.24. The predicted octanol–water partition coefficient (Wildman–Crippen LogP) is 1.95. The number of hydrogen-bond acceptors (Lipinski definition) is 10. The summed E-state index contributed by atoms with van der Waals surface area (Å²) in [6.07, 6.45) is 2.22. The van der Waals surface area contributed by atoms with Gasteiger partial charge in [0.05, 0.1) is 7.11 Å². The van der Waals surface area contributed by atoms with E-state index in [2.05, 4.69) is 21.0 Å². The highest BCUT2D eigenvalue weighted by Gasteiger charge is 2.34. The van der Waals surface area contributed by atoms with Gasteiger partial charge >= 0.3 is 5.97 Å². The SMILES string of the molecule is COC(=O)C1CCCN(C(=O)[C@H](Cc2cccc(O)c2)NC(=O)[C@@H](NC(=O)CCCSSCCN(C)C)C(C)C)N1. The van der Waals surface area contributed by atoms with Crippen molar-refractivity contribution in [2.75, 3.05) is 45.8 Å². The van der Waals surface area contributed by atoms with Crippen LogP contribution in [0.15, 0.2) is 24.3 Å². The Morgan fingerprint density at radius 2 is 1.90 bits per heavy atom. The Bertz CT molecular complexity index is 1010. The molecule has 13 heteroatoms. The van der Waals surface area contributed by atoms with Crippen molar-refractivity contribution in [2.24, 2.45) is 5.92 Å². The minimum Gasteiger partial charge on any atom is -0.508 e. The van der Waals surface area contributed by atoms with Gasteiger partial charge in [-0.3, -0.25) is 24.2 Å². The Morgan fingerprint density at radius 1 is 1.17 bits per heavy atom. The minimum absolute atomic E-state index is 0.0449. The number of phenolic OH excluding ortho intramolecular Hbond substituents is 1. The third kappa shape index (κ3) is 12.5. The number of methoxy groups -OCH3 is 1. The number of aromatic hydroxyl groups is 1. The molecule has 0 bridgehead atoms. The number of ether oxygens (including phenoxy) is 1. The summed E-state index contributed by atoms with van der Waals surface area (Å²) in [6, 6.07) is 3.98. The van der Waals surface area contributed by atoms with Crippen molar-refractivity contribution in [1.82, 2.24) is 26.0 Å². The first-order valence-corrected chi connectivity index (χ1v) is 16.4. The average Bonchev–Trinajstić information content (AvgIpc) is 2.93. The second-order valence-electron chi connectivity index (χ2n) is 10.6. The lowest BCUT2D eigenvalue weighted by atomic mass is 10.00. The molecule has 1 aliphatic heterocycles. The second kappa shape index (κ2) is 18.1. The van der Waals surface area contributed by atoms with Gasteiger partial charge in [-0.15, -0.1) is 0 Å². The maximum Gasteiger partial charge on any atom is 0.324 e. The van der Waals surface area contributed by atoms with Gasteiger partial charge in [0, 0.05) is 37.4 Å². The molecular formula is C28H45N5O6S2. The maximum absolute atomic E-state index is 13.6. The summed E-state index contributed by atoms with van der Waals surface area (Å²) >= 11 is 0. The van der Waals surface area contributed by atoms with E-state index >= 15 is 0 Å². The Balaban J connectivity index is 2.05. The van der Waals surface area contributed by atoms with Crippen LogP contribution in [0.3, 0.4) is 0 Å². The standard InChI is InChI=1S/C28H45N5O6S2/c1-19(2)25(30-24(35)12-8-15-40-41-16-14-32(3)4)26(36)29-23(18-20-9-6-10-21(34)17-20)27(37)33-13-7-11-22(31-33)28(38)39-5/h6,9-10,17,19,22-23,25,31,34H,7-8,11-16,18H2,1-5H3,(H,29,36)(H,30,35)/t22?,23-,25-/m0/s1. The summed E-state index contributed by atoms with van der Waals surface area (Å²) < 4.78 is 4.83. The molecule has 41 heavy (non-hydrogen) atoms. The molecule has 1 fully saturated rings. The van der Waals surface area contributed by atoms with Gasteiger partial charge in [-0.05, 0) is 57.0 Å². The molecule has 0 spiro atoms. The van der Waals surface area contributed by atoms with E-state index in [0.29, 0.717) is 37.8 Å². The first-order valence-electron chi connectivity index (χ1n) is 13.9. The van der Waals surface area contributed by atoms with Crippen LogP contribution < -0.4 is 16.1 Å². The Hall–Kier alpha value is -2.48. The van der Waals surface area contributed by atoms with Crippen molar-refractivity contribution in [3.05, 3.63) is 29.8 Å². The molecule has 1 unspecified atom stereocenters. The Kier molecular flexibility index (Phi) is 15.4. The van der Waals surface area contributed by atoms with Crippen molar-refractivity contribution < 1.29 is 29.0 Å². The molecule has 11 nitrogen and oxygen atoms in total. The lowest BCUT2D eigenvalue weighted by Crippen LogP contribution is -2.62. The minimum atomic E-state index is -0.998. The van der Waals surface area contributed by atoms with E-state index in [9.17, 15) is 24.3 Å². The van der Waals surface area contributed by atoms with Gasteiger partial charge < -0.3 is 25.4 Å². The zero-order chi connectivity index (χ0) is 30.4. The molecule has 0 radical (unpaired) electrons. The van der Waals surface area contributed by atoms with Crippen molar-refractivity contribution in [3.63, 3.8) is 0 Å². The molecule has 1 aromatic carbocycles. The van der Waals surface area contributed by atoms with E-state index in [1.54, 1.807) is 33.7 Å². The average molecular weight is 612 g/mol. The molecule has 1 saturated heterocycles. The number of carbonyl (C=O) groups excluding carboxylic acids is 4. The quantitative estimate of drug-likeness (QED) is 0.125. The van der Waals surface area contributed by atoms with Gasteiger partial charge in [0.2, 0.25) is 11.8 Å². The summed E-state index contributed by atoms with van der Waals surface area (Å²) in [7, 11) is 8.87. The van der Waals surface area contributed by atoms with E-state index < -0.39 is 35.9 Å². The fourth-order valence-corrected chi connectivity index (χ4v) is 6.46. The third-order valence-corrected chi connectivity index (χ3v) is 8.98. The molecule has 1 aromatic rings. The van der Waals surface area contributed by atoms with E-state index in [1.165, 1.54) is 24.3 Å². The highest BCUT2D eigenvalue weighted by Crippen LogP contribution is 2.22. The molecular weight excluding hydrogens is 566 g/mol. The summed E-state index contributed by atoms with van der Waals surface area (Å²) in [5.41, 5.74) is 3.57. The number of hydrogen-bond donors (Lipinski definition) is 4. The summed E-state index contributed by atoms with van der Waals surface area (Å²) in [5, 5.41) is 17.0. The van der Waals surface area contributed by atoms with Crippen molar-refractivity contribution >= 4 is 45.3 Å². The lowest BCUT2D eigenvalue weighted by molar-refractivity contribution is -0.151. The molecule has 0 aliphatic carbocycles. The van der Waals surface area contributed by atoms with Gasteiger partial charge in [-0.25, -0.2) is 5.43 Å². The first-order chi connectivity index (χ1) is 19.5. The first kappa shape index (κ1) is 34.7. The van der Waals surface area contributed by atoms with E-state index in [4.69, 9.17) is 4.74 Å². The molecule has 1 heterocycles. The number of esters is 1. The van der Waals surface area contributed by atoms with Crippen LogP contribution in [0, 0.1) is 5.92 Å². The number of nitrogens with zero attached hydrogens (tertiary/aromatic N) is 2. The molecule has 0 saturated carbocycles. The zero-order valence-corrected chi connectivity index (χ0v) is 26.3. The summed E-state index contributed by atoms with van der Waals surface area (Å²) in [4.78, 5) is 54.0. The molecule has 4 N–H and O–H groups in total. The highest BCUT2D eigenvalue weighted by atomic mass is 33.1. The van der Waals surface area contributed by atoms with Crippen molar-refractivity contribution in [2.45, 2.75) is 64.1 Å². The normalized spacial score (nSPS) is 16.8. The largest absolute Gasteiger partial charge is 0.508 e. The van der Waals surface area contributed by atoms with Crippen molar-refractivity contribution in [3.8, 4) is 5.75 Å². The van der Waals surface area contributed by atoms with Gasteiger partial charge in [0.25, 0.3) is 5.91 Å². The monoisotopic (exact) mass is 611 g/mol. The number of hydrazine groups is 1. The fraction of sp³-hybridized carbons (Fsp3) is 0.643. The van der Waals surface area contributed by atoms with Crippen molar-refractivity contribution in [1.29, 1.82) is 0 Å². The molecule has 0 aromatic heterocycles. The molecule has 230 valence electrons. The van der Waals surface area contributed by atoms with Crippen LogP contribution in [0.4, 0.5) is 0 Å².